The van der Waals surface area contributed by atoms with Crippen LogP contribution in [0, 0.1) is 6.92 Å². The molecule has 0 radical (unpaired) electrons. The molecule has 3 nitrogen and oxygen atoms in total. The molecule has 0 aliphatic rings. The van der Waals surface area contributed by atoms with E-state index in [0.29, 0.717) is 6.54 Å². The molecular formula is C12H11BrN2O. The van der Waals surface area contributed by atoms with Crippen LogP contribution in [-0.2, 0) is 6.54 Å². The summed E-state index contributed by atoms with van der Waals surface area (Å²) in [6.07, 6.45) is 0. The summed E-state index contributed by atoms with van der Waals surface area (Å²) in [4.78, 5) is 11.6. The average molecular weight is 279 g/mol. The average Bonchev–Trinajstić information content (AvgIpc) is 2.27. The summed E-state index contributed by atoms with van der Waals surface area (Å²) in [6, 6.07) is 11.1. The molecule has 16 heavy (non-hydrogen) atoms. The highest BCUT2D eigenvalue weighted by Gasteiger charge is 2.02. The maximum Gasteiger partial charge on any atom is 0.267 e. The maximum absolute atomic E-state index is 11.6. The van der Waals surface area contributed by atoms with E-state index in [1.807, 2.05) is 31.2 Å². The quantitative estimate of drug-likeness (QED) is 0.845. The SMILES string of the molecule is Cc1ccc(=O)n(Cc2ccccc2Br)n1. The maximum atomic E-state index is 11.6. The zero-order valence-corrected chi connectivity index (χ0v) is 10.4. The van der Waals surface area contributed by atoms with Crippen molar-refractivity contribution in [3.8, 4) is 0 Å². The van der Waals surface area contributed by atoms with Crippen LogP contribution in [0.1, 0.15) is 11.3 Å². The first-order valence-electron chi connectivity index (χ1n) is 4.95. The van der Waals surface area contributed by atoms with Gasteiger partial charge in [-0.1, -0.05) is 34.1 Å². The fraction of sp³-hybridized carbons (Fsp3) is 0.167. The zero-order valence-electron chi connectivity index (χ0n) is 8.85. The number of rotatable bonds is 2. The van der Waals surface area contributed by atoms with Gasteiger partial charge < -0.3 is 0 Å². The Hall–Kier alpha value is -1.42. The summed E-state index contributed by atoms with van der Waals surface area (Å²) >= 11 is 3.45. The first-order valence-corrected chi connectivity index (χ1v) is 5.74. The molecule has 0 N–H and O–H groups in total. The third-order valence-corrected chi connectivity index (χ3v) is 3.05. The fourth-order valence-corrected chi connectivity index (χ4v) is 1.86. The van der Waals surface area contributed by atoms with E-state index in [2.05, 4.69) is 21.0 Å². The van der Waals surface area contributed by atoms with Crippen molar-refractivity contribution < 1.29 is 0 Å². The molecule has 1 aromatic carbocycles. The van der Waals surface area contributed by atoms with Gasteiger partial charge in [-0.3, -0.25) is 4.79 Å². The molecule has 0 bridgehead atoms. The highest BCUT2D eigenvalue weighted by atomic mass is 79.9. The molecule has 2 aromatic rings. The second kappa shape index (κ2) is 4.61. The molecule has 0 atom stereocenters. The van der Waals surface area contributed by atoms with Gasteiger partial charge >= 0.3 is 0 Å². The van der Waals surface area contributed by atoms with Crippen LogP contribution in [0.3, 0.4) is 0 Å². The summed E-state index contributed by atoms with van der Waals surface area (Å²) in [5, 5.41) is 4.19. The van der Waals surface area contributed by atoms with E-state index in [1.165, 1.54) is 4.68 Å². The Balaban J connectivity index is 2.38. The monoisotopic (exact) mass is 278 g/mol. The van der Waals surface area contributed by atoms with Crippen LogP contribution in [0.4, 0.5) is 0 Å². The molecule has 1 heterocycles. The molecular weight excluding hydrogens is 268 g/mol. The Kier molecular flexibility index (Phi) is 3.19. The minimum absolute atomic E-state index is 0.0821. The van der Waals surface area contributed by atoms with Crippen molar-refractivity contribution in [3.05, 3.63) is 62.5 Å². The van der Waals surface area contributed by atoms with Crippen molar-refractivity contribution in [2.45, 2.75) is 13.5 Å². The zero-order chi connectivity index (χ0) is 11.5. The second-order valence-corrected chi connectivity index (χ2v) is 4.42. The molecule has 0 aliphatic heterocycles. The fourth-order valence-electron chi connectivity index (χ4n) is 1.45. The van der Waals surface area contributed by atoms with E-state index in [0.717, 1.165) is 15.7 Å². The molecule has 0 spiro atoms. The first kappa shape index (κ1) is 11.1. The van der Waals surface area contributed by atoms with Crippen LogP contribution >= 0.6 is 15.9 Å². The number of hydrogen-bond donors (Lipinski definition) is 0. The van der Waals surface area contributed by atoms with Gasteiger partial charge in [0.05, 0.1) is 12.2 Å². The highest BCUT2D eigenvalue weighted by molar-refractivity contribution is 9.10. The van der Waals surface area contributed by atoms with Crippen LogP contribution in [-0.4, -0.2) is 9.78 Å². The van der Waals surface area contributed by atoms with Crippen molar-refractivity contribution in [1.29, 1.82) is 0 Å². The number of nitrogens with zero attached hydrogens (tertiary/aromatic N) is 2. The van der Waals surface area contributed by atoms with Crippen molar-refractivity contribution in [2.75, 3.05) is 0 Å². The Labute approximate surface area is 102 Å². The summed E-state index contributed by atoms with van der Waals surface area (Å²) in [5.41, 5.74) is 1.80. The minimum atomic E-state index is -0.0821. The van der Waals surface area contributed by atoms with Gasteiger partial charge in [-0.15, -0.1) is 0 Å². The standard InChI is InChI=1S/C12H11BrN2O/c1-9-6-7-12(16)15(14-9)8-10-4-2-3-5-11(10)13/h2-7H,8H2,1H3. The Morgan fingerprint density at radius 2 is 2.00 bits per heavy atom. The minimum Gasteiger partial charge on any atom is -0.268 e. The summed E-state index contributed by atoms with van der Waals surface area (Å²) in [7, 11) is 0. The predicted molar refractivity (Wildman–Crippen MR) is 66.5 cm³/mol. The molecule has 0 fully saturated rings. The molecule has 2 rings (SSSR count). The van der Waals surface area contributed by atoms with E-state index in [-0.39, 0.29) is 5.56 Å². The van der Waals surface area contributed by atoms with Crippen molar-refractivity contribution in [3.63, 3.8) is 0 Å². The molecule has 1 aromatic heterocycles. The van der Waals surface area contributed by atoms with Gasteiger partial charge in [0.15, 0.2) is 0 Å². The molecule has 0 unspecified atom stereocenters. The summed E-state index contributed by atoms with van der Waals surface area (Å²) < 4.78 is 2.46. The van der Waals surface area contributed by atoms with Gasteiger partial charge in [-0.2, -0.15) is 5.10 Å². The number of benzene rings is 1. The lowest BCUT2D eigenvalue weighted by Gasteiger charge is -2.06. The lowest BCUT2D eigenvalue weighted by molar-refractivity contribution is 0.627. The van der Waals surface area contributed by atoms with Crippen LogP contribution in [0.15, 0.2) is 45.7 Å². The van der Waals surface area contributed by atoms with E-state index in [1.54, 1.807) is 12.1 Å². The summed E-state index contributed by atoms with van der Waals surface area (Å²) in [5.74, 6) is 0. The van der Waals surface area contributed by atoms with Crippen LogP contribution < -0.4 is 5.56 Å². The highest BCUT2D eigenvalue weighted by Crippen LogP contribution is 2.15. The third-order valence-electron chi connectivity index (χ3n) is 2.28. The topological polar surface area (TPSA) is 34.9 Å². The van der Waals surface area contributed by atoms with Gasteiger partial charge in [-0.05, 0) is 24.6 Å². The van der Waals surface area contributed by atoms with Gasteiger partial charge in [0.2, 0.25) is 0 Å². The van der Waals surface area contributed by atoms with Gasteiger partial charge in [0.25, 0.3) is 5.56 Å². The smallest absolute Gasteiger partial charge is 0.267 e. The molecule has 0 aliphatic carbocycles. The van der Waals surface area contributed by atoms with Gasteiger partial charge in [0, 0.05) is 10.5 Å². The van der Waals surface area contributed by atoms with Crippen molar-refractivity contribution >= 4 is 15.9 Å². The molecule has 0 saturated carbocycles. The number of hydrogen-bond acceptors (Lipinski definition) is 2. The van der Waals surface area contributed by atoms with E-state index in [4.69, 9.17) is 0 Å². The van der Waals surface area contributed by atoms with E-state index in [9.17, 15) is 4.79 Å². The number of aryl methyl sites for hydroxylation is 1. The molecule has 0 saturated heterocycles. The summed E-state index contributed by atoms with van der Waals surface area (Å²) in [6.45, 7) is 2.36. The number of halogens is 1. The van der Waals surface area contributed by atoms with E-state index < -0.39 is 0 Å². The second-order valence-electron chi connectivity index (χ2n) is 3.56. The first-order chi connectivity index (χ1) is 7.66. The Morgan fingerprint density at radius 1 is 1.25 bits per heavy atom. The number of aromatic nitrogens is 2. The largest absolute Gasteiger partial charge is 0.268 e. The third kappa shape index (κ3) is 2.39. The Morgan fingerprint density at radius 3 is 2.75 bits per heavy atom. The lowest BCUT2D eigenvalue weighted by Crippen LogP contribution is -2.23. The Bertz CT molecular complexity index is 563. The van der Waals surface area contributed by atoms with E-state index >= 15 is 0 Å². The predicted octanol–water partition coefficient (Wildman–Crippen LogP) is 2.36. The van der Waals surface area contributed by atoms with Gasteiger partial charge in [-0.25, -0.2) is 4.68 Å². The van der Waals surface area contributed by atoms with Crippen molar-refractivity contribution in [2.24, 2.45) is 0 Å². The van der Waals surface area contributed by atoms with Gasteiger partial charge in [0.1, 0.15) is 0 Å². The van der Waals surface area contributed by atoms with Crippen molar-refractivity contribution in [1.82, 2.24) is 9.78 Å². The molecule has 82 valence electrons. The van der Waals surface area contributed by atoms with Crippen LogP contribution in [0.2, 0.25) is 0 Å². The molecule has 4 heteroatoms. The molecule has 0 amide bonds. The lowest BCUT2D eigenvalue weighted by atomic mass is 10.2. The van der Waals surface area contributed by atoms with Crippen LogP contribution in [0.5, 0.6) is 0 Å². The van der Waals surface area contributed by atoms with Crippen LogP contribution in [0.25, 0.3) is 0 Å². The normalized spacial score (nSPS) is 10.4.